The van der Waals surface area contributed by atoms with Crippen molar-refractivity contribution in [1.82, 2.24) is 10.3 Å². The Morgan fingerprint density at radius 3 is 2.36 bits per heavy atom. The van der Waals surface area contributed by atoms with E-state index in [4.69, 9.17) is 15.2 Å². The number of methoxy groups -OCH3 is 1. The third kappa shape index (κ3) is 4.12. The SMILES string of the molecule is CC.CNC(=O)c1nccc(Oc2ccc(N)cc2)c1OC. The average molecular weight is 303 g/mol. The molecule has 6 heteroatoms. The lowest BCUT2D eigenvalue weighted by Crippen LogP contribution is -2.20. The van der Waals surface area contributed by atoms with Crippen LogP contribution in [0.1, 0.15) is 24.3 Å². The van der Waals surface area contributed by atoms with Crippen LogP contribution in [0.15, 0.2) is 36.5 Å². The highest BCUT2D eigenvalue weighted by atomic mass is 16.5. The van der Waals surface area contributed by atoms with Gasteiger partial charge in [-0.3, -0.25) is 4.79 Å². The monoisotopic (exact) mass is 303 g/mol. The maximum absolute atomic E-state index is 11.7. The van der Waals surface area contributed by atoms with Gasteiger partial charge in [-0.15, -0.1) is 0 Å². The molecule has 1 amide bonds. The van der Waals surface area contributed by atoms with Crippen LogP contribution in [-0.2, 0) is 0 Å². The van der Waals surface area contributed by atoms with Crippen molar-refractivity contribution in [2.24, 2.45) is 0 Å². The largest absolute Gasteiger partial charge is 0.491 e. The van der Waals surface area contributed by atoms with Gasteiger partial charge in [-0.25, -0.2) is 4.98 Å². The Labute approximate surface area is 130 Å². The summed E-state index contributed by atoms with van der Waals surface area (Å²) in [5.74, 6) is 0.936. The zero-order valence-electron chi connectivity index (χ0n) is 13.2. The molecular weight excluding hydrogens is 282 g/mol. The highest BCUT2D eigenvalue weighted by molar-refractivity contribution is 5.95. The maximum Gasteiger partial charge on any atom is 0.273 e. The van der Waals surface area contributed by atoms with E-state index < -0.39 is 0 Å². The minimum Gasteiger partial charge on any atom is -0.491 e. The van der Waals surface area contributed by atoms with E-state index >= 15 is 0 Å². The molecule has 1 heterocycles. The molecule has 0 aliphatic carbocycles. The molecule has 0 radical (unpaired) electrons. The number of nitrogens with two attached hydrogens (primary N) is 1. The van der Waals surface area contributed by atoms with Crippen molar-refractivity contribution in [3.63, 3.8) is 0 Å². The number of nitrogen functional groups attached to an aromatic ring is 1. The number of ether oxygens (including phenoxy) is 2. The zero-order chi connectivity index (χ0) is 16.5. The number of nitrogens with one attached hydrogen (secondary N) is 1. The lowest BCUT2D eigenvalue weighted by molar-refractivity contribution is 0.0954. The smallest absolute Gasteiger partial charge is 0.273 e. The first-order chi connectivity index (χ1) is 10.7. The van der Waals surface area contributed by atoms with Crippen molar-refractivity contribution in [3.05, 3.63) is 42.2 Å². The second kappa shape index (κ2) is 8.51. The number of rotatable bonds is 4. The summed E-state index contributed by atoms with van der Waals surface area (Å²) in [4.78, 5) is 15.7. The summed E-state index contributed by atoms with van der Waals surface area (Å²) in [6, 6.07) is 8.54. The van der Waals surface area contributed by atoms with Gasteiger partial charge in [0.15, 0.2) is 17.2 Å². The molecule has 3 N–H and O–H groups in total. The van der Waals surface area contributed by atoms with Crippen LogP contribution in [-0.4, -0.2) is 25.0 Å². The number of pyridine rings is 1. The van der Waals surface area contributed by atoms with E-state index in [9.17, 15) is 4.79 Å². The Balaban J connectivity index is 0.00000116. The fourth-order valence-corrected chi connectivity index (χ4v) is 1.65. The summed E-state index contributed by atoms with van der Waals surface area (Å²) in [5.41, 5.74) is 6.43. The molecule has 0 fully saturated rings. The van der Waals surface area contributed by atoms with Gasteiger partial charge in [-0.2, -0.15) is 0 Å². The quantitative estimate of drug-likeness (QED) is 0.848. The van der Waals surface area contributed by atoms with Crippen molar-refractivity contribution in [3.8, 4) is 17.2 Å². The van der Waals surface area contributed by atoms with Gasteiger partial charge in [0.2, 0.25) is 0 Å². The van der Waals surface area contributed by atoms with Gasteiger partial charge in [0.25, 0.3) is 5.91 Å². The van der Waals surface area contributed by atoms with Crippen LogP contribution < -0.4 is 20.5 Å². The lowest BCUT2D eigenvalue weighted by Gasteiger charge is -2.12. The molecule has 6 nitrogen and oxygen atoms in total. The number of hydrogen-bond donors (Lipinski definition) is 2. The third-order valence-electron chi connectivity index (χ3n) is 2.62. The predicted octanol–water partition coefficient (Wildman–Crippen LogP) is 2.85. The maximum atomic E-state index is 11.7. The van der Waals surface area contributed by atoms with Gasteiger partial charge in [-0.1, -0.05) is 13.8 Å². The number of carbonyl (C=O) groups excluding carboxylic acids is 1. The molecule has 0 spiro atoms. The lowest BCUT2D eigenvalue weighted by atomic mass is 10.2. The molecule has 2 aromatic rings. The molecule has 118 valence electrons. The molecule has 0 bridgehead atoms. The molecule has 0 saturated heterocycles. The van der Waals surface area contributed by atoms with Gasteiger partial charge in [0, 0.05) is 25.0 Å². The Morgan fingerprint density at radius 1 is 1.18 bits per heavy atom. The van der Waals surface area contributed by atoms with Crippen LogP contribution in [0.3, 0.4) is 0 Å². The Kier molecular flexibility index (Phi) is 6.69. The Bertz CT molecular complexity index is 613. The van der Waals surface area contributed by atoms with Crippen LogP contribution in [0.25, 0.3) is 0 Å². The predicted molar refractivity (Wildman–Crippen MR) is 86.5 cm³/mol. The minimum atomic E-state index is -0.343. The molecule has 2 rings (SSSR count). The number of carbonyl (C=O) groups is 1. The van der Waals surface area contributed by atoms with Gasteiger partial charge in [0.05, 0.1) is 7.11 Å². The van der Waals surface area contributed by atoms with Gasteiger partial charge in [0.1, 0.15) is 5.75 Å². The number of hydrogen-bond acceptors (Lipinski definition) is 5. The highest BCUT2D eigenvalue weighted by Gasteiger charge is 2.17. The number of anilines is 1. The fourth-order valence-electron chi connectivity index (χ4n) is 1.65. The van der Waals surface area contributed by atoms with Crippen molar-refractivity contribution in [2.45, 2.75) is 13.8 Å². The van der Waals surface area contributed by atoms with Crippen molar-refractivity contribution in [1.29, 1.82) is 0 Å². The normalized spacial score (nSPS) is 9.27. The van der Waals surface area contributed by atoms with Gasteiger partial charge in [-0.05, 0) is 24.3 Å². The molecule has 22 heavy (non-hydrogen) atoms. The number of aromatic nitrogens is 1. The van der Waals surface area contributed by atoms with Crippen molar-refractivity contribution < 1.29 is 14.3 Å². The number of amides is 1. The van der Waals surface area contributed by atoms with Crippen LogP contribution in [0.4, 0.5) is 5.69 Å². The molecule has 0 atom stereocenters. The summed E-state index contributed by atoms with van der Waals surface area (Å²) >= 11 is 0. The molecule has 1 aromatic heterocycles. The van der Waals surface area contributed by atoms with E-state index in [-0.39, 0.29) is 17.4 Å². The second-order valence-electron chi connectivity index (χ2n) is 3.94. The second-order valence-corrected chi connectivity index (χ2v) is 3.94. The number of nitrogens with zero attached hydrogens (tertiary/aromatic N) is 1. The van der Waals surface area contributed by atoms with Crippen molar-refractivity contribution >= 4 is 11.6 Å². The summed E-state index contributed by atoms with van der Waals surface area (Å²) in [5, 5.41) is 2.50. The topological polar surface area (TPSA) is 86.5 Å². The van der Waals surface area contributed by atoms with Crippen LogP contribution in [0.5, 0.6) is 17.2 Å². The summed E-state index contributed by atoms with van der Waals surface area (Å²) < 4.78 is 10.9. The molecule has 0 unspecified atom stereocenters. The summed E-state index contributed by atoms with van der Waals surface area (Å²) in [6.07, 6.45) is 1.49. The highest BCUT2D eigenvalue weighted by Crippen LogP contribution is 2.33. The Morgan fingerprint density at radius 2 is 1.82 bits per heavy atom. The zero-order valence-corrected chi connectivity index (χ0v) is 13.2. The van der Waals surface area contributed by atoms with Crippen LogP contribution in [0, 0.1) is 0 Å². The minimum absolute atomic E-state index is 0.169. The van der Waals surface area contributed by atoms with E-state index in [0.29, 0.717) is 17.2 Å². The first kappa shape index (κ1) is 17.3. The standard InChI is InChI=1S/C14H15N3O3.C2H6/c1-16-14(18)12-13(19-2)11(7-8-17-12)20-10-5-3-9(15)4-6-10;1-2/h3-8H,15H2,1-2H3,(H,16,18);1-2H3. The van der Waals surface area contributed by atoms with Crippen LogP contribution in [0.2, 0.25) is 0 Å². The van der Waals surface area contributed by atoms with Crippen molar-refractivity contribution in [2.75, 3.05) is 19.9 Å². The molecule has 1 aromatic carbocycles. The first-order valence-corrected chi connectivity index (χ1v) is 6.94. The van der Waals surface area contributed by atoms with E-state index in [1.165, 1.54) is 20.4 Å². The molecule has 0 aliphatic rings. The van der Waals surface area contributed by atoms with E-state index in [2.05, 4.69) is 10.3 Å². The summed E-state index contributed by atoms with van der Waals surface area (Å²) in [7, 11) is 2.98. The van der Waals surface area contributed by atoms with Gasteiger partial charge < -0.3 is 20.5 Å². The number of benzene rings is 1. The molecular formula is C16H21N3O3. The average Bonchev–Trinajstić information content (AvgIpc) is 2.57. The van der Waals surface area contributed by atoms with E-state index in [1.807, 2.05) is 13.8 Å². The van der Waals surface area contributed by atoms with E-state index in [1.54, 1.807) is 30.3 Å². The summed E-state index contributed by atoms with van der Waals surface area (Å²) in [6.45, 7) is 4.00. The first-order valence-electron chi connectivity index (χ1n) is 6.94. The third-order valence-corrected chi connectivity index (χ3v) is 2.62. The Hall–Kier alpha value is -2.76. The van der Waals surface area contributed by atoms with Gasteiger partial charge >= 0.3 is 0 Å². The van der Waals surface area contributed by atoms with Crippen LogP contribution >= 0.6 is 0 Å². The van der Waals surface area contributed by atoms with E-state index in [0.717, 1.165) is 0 Å². The fraction of sp³-hybridized carbons (Fsp3) is 0.250. The molecule has 0 aliphatic heterocycles. The molecule has 0 saturated carbocycles.